The van der Waals surface area contributed by atoms with Gasteiger partial charge in [0.05, 0.1) is 0 Å². The Balaban J connectivity index is 1.88. The van der Waals surface area contributed by atoms with Gasteiger partial charge in [-0.2, -0.15) is 0 Å². The van der Waals surface area contributed by atoms with Gasteiger partial charge in [0.25, 0.3) is 0 Å². The molecule has 0 nitrogen and oxygen atoms in total. The number of hydrogen-bond donors (Lipinski definition) is 0. The highest BCUT2D eigenvalue weighted by atomic mass is 32.0. The fourth-order valence-electron chi connectivity index (χ4n) is 0.432. The van der Waals surface area contributed by atoms with Crippen molar-refractivity contribution < 1.29 is 0 Å². The molecule has 0 aromatic heterocycles. The largest absolute Gasteiger partial charge is 0.102 e. The summed E-state index contributed by atoms with van der Waals surface area (Å²) in [4.78, 5) is 0. The molecule has 1 aliphatic carbocycles. The minimum Gasteiger partial charge on any atom is -0.102 e. The van der Waals surface area contributed by atoms with Gasteiger partial charge in [0.2, 0.25) is 0 Å². The van der Waals surface area contributed by atoms with E-state index in [0.29, 0.717) is 0 Å². The minimum atomic E-state index is 1.19. The molecule has 0 N–H and O–H groups in total. The van der Waals surface area contributed by atoms with Gasteiger partial charge in [0, 0.05) is 0 Å². The Kier molecular flexibility index (Phi) is 1.87. The molecular formula is C4H10P2. The van der Waals surface area contributed by atoms with E-state index in [1.54, 1.807) is 12.8 Å². The lowest BCUT2D eigenvalue weighted by molar-refractivity contribution is 1.50. The summed E-state index contributed by atoms with van der Waals surface area (Å²) >= 11 is 0. The first-order valence-corrected chi connectivity index (χ1v) is 5.93. The van der Waals surface area contributed by atoms with Crippen molar-refractivity contribution >= 4 is 16.5 Å². The van der Waals surface area contributed by atoms with E-state index in [1.165, 1.54) is 22.2 Å². The molecule has 0 aromatic rings. The third-order valence-corrected chi connectivity index (χ3v) is 4.29. The van der Waals surface area contributed by atoms with Crippen LogP contribution >= 0.6 is 16.5 Å². The van der Waals surface area contributed by atoms with Crippen molar-refractivity contribution in [3.8, 4) is 0 Å². The van der Waals surface area contributed by atoms with Gasteiger partial charge in [-0.1, -0.05) is 8.27 Å². The lowest BCUT2D eigenvalue weighted by Gasteiger charge is -1.84. The summed E-state index contributed by atoms with van der Waals surface area (Å²) in [6.45, 7) is 2.30. The van der Waals surface area contributed by atoms with Crippen molar-refractivity contribution in [3.63, 3.8) is 0 Å². The third kappa shape index (κ3) is 1.54. The van der Waals surface area contributed by atoms with Crippen LogP contribution in [-0.4, -0.2) is 12.3 Å². The van der Waals surface area contributed by atoms with E-state index in [1.807, 2.05) is 0 Å². The second kappa shape index (κ2) is 2.24. The van der Waals surface area contributed by atoms with E-state index in [-0.39, 0.29) is 0 Å². The van der Waals surface area contributed by atoms with E-state index in [2.05, 4.69) is 6.66 Å². The van der Waals surface area contributed by atoms with Gasteiger partial charge in [0.15, 0.2) is 0 Å². The normalized spacial score (nSPS) is 25.5. The van der Waals surface area contributed by atoms with E-state index in [4.69, 9.17) is 0 Å². The van der Waals surface area contributed by atoms with Crippen LogP contribution < -0.4 is 0 Å². The molecule has 1 aliphatic rings. The van der Waals surface area contributed by atoms with E-state index in [9.17, 15) is 0 Å². The van der Waals surface area contributed by atoms with Crippen LogP contribution in [0.3, 0.4) is 0 Å². The van der Waals surface area contributed by atoms with Crippen molar-refractivity contribution in [2.45, 2.75) is 18.5 Å². The standard InChI is InChI=1S/C4H10P2/c1-5-6-4-2-3-4/h4-6H,2-3H2,1H3. The molecule has 1 saturated carbocycles. The first-order valence-electron chi connectivity index (χ1n) is 2.36. The highest BCUT2D eigenvalue weighted by molar-refractivity contribution is 8.11. The summed E-state index contributed by atoms with van der Waals surface area (Å²) in [6, 6.07) is 0. The zero-order valence-electron chi connectivity index (χ0n) is 3.99. The highest BCUT2D eigenvalue weighted by Gasteiger charge is 2.18. The maximum absolute atomic E-state index is 2.30. The lowest BCUT2D eigenvalue weighted by atomic mass is 11.0. The predicted octanol–water partition coefficient (Wildman–Crippen LogP) is 2.05. The molecule has 0 radical (unpaired) electrons. The molecule has 6 heavy (non-hydrogen) atoms. The Bertz CT molecular complexity index is 40.8. The topological polar surface area (TPSA) is 0 Å². The van der Waals surface area contributed by atoms with Crippen LogP contribution in [0.25, 0.3) is 0 Å². The summed E-state index contributed by atoms with van der Waals surface area (Å²) in [6.07, 6.45) is 3.08. The van der Waals surface area contributed by atoms with E-state index < -0.39 is 0 Å². The van der Waals surface area contributed by atoms with Gasteiger partial charge >= 0.3 is 0 Å². The number of hydrogen-bond acceptors (Lipinski definition) is 0. The Labute approximate surface area is 42.6 Å². The molecule has 36 valence electrons. The molecule has 1 fully saturated rings. The average molecular weight is 120 g/mol. The van der Waals surface area contributed by atoms with Crippen LogP contribution in [0.5, 0.6) is 0 Å². The molecule has 2 atom stereocenters. The zero-order valence-corrected chi connectivity index (χ0v) is 5.99. The molecule has 1 rings (SSSR count). The van der Waals surface area contributed by atoms with Gasteiger partial charge in [-0.05, 0) is 25.2 Å². The summed E-state index contributed by atoms with van der Waals surface area (Å²) in [7, 11) is 2.54. The molecule has 0 saturated heterocycles. The second-order valence-electron chi connectivity index (χ2n) is 1.67. The maximum Gasteiger partial charge on any atom is -0.0200 e. The Morgan fingerprint density at radius 1 is 1.50 bits per heavy atom. The van der Waals surface area contributed by atoms with Crippen LogP contribution in [0.1, 0.15) is 12.8 Å². The van der Waals surface area contributed by atoms with Crippen molar-refractivity contribution in [1.29, 1.82) is 0 Å². The molecule has 0 aromatic carbocycles. The molecule has 0 heterocycles. The van der Waals surface area contributed by atoms with Crippen molar-refractivity contribution in [3.05, 3.63) is 0 Å². The lowest BCUT2D eigenvalue weighted by Crippen LogP contribution is -1.52. The van der Waals surface area contributed by atoms with Crippen LogP contribution in [-0.2, 0) is 0 Å². The van der Waals surface area contributed by atoms with Gasteiger partial charge in [-0.25, -0.2) is 0 Å². The first-order chi connectivity index (χ1) is 2.93. The SMILES string of the molecule is CPPC1CC1. The fourth-order valence-corrected chi connectivity index (χ4v) is 3.39. The van der Waals surface area contributed by atoms with Crippen LogP contribution in [0.15, 0.2) is 0 Å². The molecular weight excluding hydrogens is 110 g/mol. The zero-order chi connectivity index (χ0) is 4.41. The smallest absolute Gasteiger partial charge is 0.0200 e. The summed E-state index contributed by atoms with van der Waals surface area (Å²) in [5.74, 6) is 0. The Hall–Kier alpha value is 0.860. The summed E-state index contributed by atoms with van der Waals surface area (Å²) in [5, 5.41) is 0. The summed E-state index contributed by atoms with van der Waals surface area (Å²) < 4.78 is 0. The molecule has 2 unspecified atom stereocenters. The van der Waals surface area contributed by atoms with E-state index in [0.717, 1.165) is 0 Å². The van der Waals surface area contributed by atoms with Gasteiger partial charge in [-0.3, -0.25) is 0 Å². The number of rotatable bonds is 2. The predicted molar refractivity (Wildman–Crippen MR) is 35.6 cm³/mol. The Morgan fingerprint density at radius 2 is 2.17 bits per heavy atom. The van der Waals surface area contributed by atoms with Gasteiger partial charge < -0.3 is 0 Å². The molecule has 0 aliphatic heterocycles. The van der Waals surface area contributed by atoms with Crippen molar-refractivity contribution in [2.75, 3.05) is 6.66 Å². The fraction of sp³-hybridized carbons (Fsp3) is 1.00. The highest BCUT2D eigenvalue weighted by Crippen LogP contribution is 2.49. The van der Waals surface area contributed by atoms with Crippen LogP contribution in [0.4, 0.5) is 0 Å². The first kappa shape index (κ1) is 5.01. The quantitative estimate of drug-likeness (QED) is 0.489. The third-order valence-electron chi connectivity index (χ3n) is 0.926. The minimum absolute atomic E-state index is 1.19. The van der Waals surface area contributed by atoms with Crippen molar-refractivity contribution in [1.82, 2.24) is 0 Å². The monoisotopic (exact) mass is 120 g/mol. The molecule has 0 spiro atoms. The van der Waals surface area contributed by atoms with Crippen LogP contribution in [0, 0.1) is 0 Å². The van der Waals surface area contributed by atoms with Gasteiger partial charge in [0.1, 0.15) is 0 Å². The Morgan fingerprint density at radius 3 is 2.33 bits per heavy atom. The molecule has 2 heteroatoms. The second-order valence-corrected chi connectivity index (χ2v) is 5.64. The van der Waals surface area contributed by atoms with E-state index >= 15 is 0 Å². The molecule has 0 amide bonds. The summed E-state index contributed by atoms with van der Waals surface area (Å²) in [5.41, 5.74) is 1.19. The molecule has 0 bridgehead atoms. The van der Waals surface area contributed by atoms with Crippen LogP contribution in [0.2, 0.25) is 0 Å². The van der Waals surface area contributed by atoms with Crippen molar-refractivity contribution in [2.24, 2.45) is 0 Å². The maximum atomic E-state index is 2.30. The van der Waals surface area contributed by atoms with Gasteiger partial charge in [-0.15, -0.1) is 8.27 Å². The average Bonchev–Trinajstić information content (AvgIpc) is 2.21.